The van der Waals surface area contributed by atoms with E-state index in [-0.39, 0.29) is 31.1 Å². The van der Waals surface area contributed by atoms with Crippen LogP contribution in [0.3, 0.4) is 0 Å². The fourth-order valence-electron chi connectivity index (χ4n) is 1.47. The highest BCUT2D eigenvalue weighted by atomic mass is 16.6. The molecule has 2 aliphatic rings. The first-order chi connectivity index (χ1) is 9.28. The van der Waals surface area contributed by atoms with Gasteiger partial charge in [0.05, 0.1) is 46.1 Å². The maximum Gasteiger partial charge on any atom is 0.307 e. The molecule has 0 amide bonds. The summed E-state index contributed by atoms with van der Waals surface area (Å²) in [6.45, 7) is 3.43. The molecule has 2 aliphatic heterocycles. The Balaban J connectivity index is 1.61. The molecule has 2 N–H and O–H groups in total. The SMILES string of the molecule is NCCC(=O)OC(COCC1CO1)COCC1CO1. The predicted octanol–water partition coefficient (Wildman–Crippen LogP) is -0.922. The molecule has 19 heavy (non-hydrogen) atoms. The first kappa shape index (κ1) is 14.7. The maximum atomic E-state index is 11.4. The summed E-state index contributed by atoms with van der Waals surface area (Å²) in [4.78, 5) is 11.4. The van der Waals surface area contributed by atoms with Gasteiger partial charge in [0.25, 0.3) is 0 Å². The Bertz CT molecular complexity index is 261. The zero-order chi connectivity index (χ0) is 13.5. The monoisotopic (exact) mass is 275 g/mol. The minimum atomic E-state index is -0.406. The van der Waals surface area contributed by atoms with Crippen LogP contribution in [0.15, 0.2) is 0 Å². The van der Waals surface area contributed by atoms with Crippen molar-refractivity contribution in [2.75, 3.05) is 46.2 Å². The molecule has 2 rings (SSSR count). The van der Waals surface area contributed by atoms with E-state index in [1.165, 1.54) is 0 Å². The van der Waals surface area contributed by atoms with Crippen molar-refractivity contribution in [3.63, 3.8) is 0 Å². The molecule has 0 radical (unpaired) electrons. The van der Waals surface area contributed by atoms with E-state index in [1.54, 1.807) is 0 Å². The Kier molecular flexibility index (Phi) is 5.99. The van der Waals surface area contributed by atoms with Crippen molar-refractivity contribution in [3.05, 3.63) is 0 Å². The van der Waals surface area contributed by atoms with Gasteiger partial charge in [-0.05, 0) is 0 Å². The van der Waals surface area contributed by atoms with Gasteiger partial charge in [0.1, 0.15) is 18.3 Å². The lowest BCUT2D eigenvalue weighted by atomic mass is 10.3. The van der Waals surface area contributed by atoms with Crippen LogP contribution >= 0.6 is 0 Å². The first-order valence-corrected chi connectivity index (χ1v) is 6.56. The van der Waals surface area contributed by atoms with E-state index >= 15 is 0 Å². The fraction of sp³-hybridized carbons (Fsp3) is 0.917. The molecule has 0 aromatic carbocycles. The van der Waals surface area contributed by atoms with Crippen LogP contribution in [0.4, 0.5) is 0 Å². The van der Waals surface area contributed by atoms with Crippen molar-refractivity contribution in [1.29, 1.82) is 0 Å². The van der Waals surface area contributed by atoms with Crippen molar-refractivity contribution in [2.24, 2.45) is 5.73 Å². The Labute approximate surface area is 112 Å². The van der Waals surface area contributed by atoms with E-state index in [2.05, 4.69) is 0 Å². The number of rotatable bonds is 11. The van der Waals surface area contributed by atoms with Gasteiger partial charge in [-0.15, -0.1) is 0 Å². The summed E-state index contributed by atoms with van der Waals surface area (Å²) in [5, 5.41) is 0. The number of carbonyl (C=O) groups excluding carboxylic acids is 1. The standard InChI is InChI=1S/C12H21NO6/c13-2-1-12(14)19-11(5-15-3-9-7-17-9)6-16-4-10-8-18-10/h9-11H,1-8,13H2. The summed E-state index contributed by atoms with van der Waals surface area (Å²) in [6, 6.07) is 0. The summed E-state index contributed by atoms with van der Waals surface area (Å²) in [5.74, 6) is -0.329. The van der Waals surface area contributed by atoms with Gasteiger partial charge in [0, 0.05) is 6.54 Å². The number of ether oxygens (including phenoxy) is 5. The Hall–Kier alpha value is -0.730. The molecular formula is C12H21NO6. The van der Waals surface area contributed by atoms with Crippen LogP contribution in [0.2, 0.25) is 0 Å². The van der Waals surface area contributed by atoms with E-state index in [1.807, 2.05) is 0 Å². The van der Waals surface area contributed by atoms with Gasteiger partial charge >= 0.3 is 5.97 Å². The molecular weight excluding hydrogens is 254 g/mol. The molecule has 110 valence electrons. The van der Waals surface area contributed by atoms with Crippen LogP contribution in [0.1, 0.15) is 6.42 Å². The third-order valence-electron chi connectivity index (χ3n) is 2.67. The molecule has 2 unspecified atom stereocenters. The highest BCUT2D eigenvalue weighted by Gasteiger charge is 2.25. The van der Waals surface area contributed by atoms with Gasteiger partial charge in [-0.25, -0.2) is 0 Å². The first-order valence-electron chi connectivity index (χ1n) is 6.56. The summed E-state index contributed by atoms with van der Waals surface area (Å²) in [5.41, 5.74) is 5.30. The second-order valence-corrected chi connectivity index (χ2v) is 4.64. The molecule has 0 saturated carbocycles. The topological polar surface area (TPSA) is 95.8 Å². The molecule has 7 nitrogen and oxygen atoms in total. The van der Waals surface area contributed by atoms with Gasteiger partial charge in [-0.1, -0.05) is 0 Å². The lowest BCUT2D eigenvalue weighted by Crippen LogP contribution is -2.30. The molecule has 2 atom stereocenters. The molecule has 2 saturated heterocycles. The summed E-state index contributed by atoms with van der Waals surface area (Å²) >= 11 is 0. The maximum absolute atomic E-state index is 11.4. The molecule has 0 aromatic heterocycles. The van der Waals surface area contributed by atoms with Crippen LogP contribution in [0.5, 0.6) is 0 Å². The van der Waals surface area contributed by atoms with E-state index in [9.17, 15) is 4.79 Å². The van der Waals surface area contributed by atoms with Crippen molar-refractivity contribution in [1.82, 2.24) is 0 Å². The average molecular weight is 275 g/mol. The van der Waals surface area contributed by atoms with Crippen molar-refractivity contribution in [2.45, 2.75) is 24.7 Å². The van der Waals surface area contributed by atoms with Gasteiger partial charge in [0.2, 0.25) is 0 Å². The fourth-order valence-corrected chi connectivity index (χ4v) is 1.47. The van der Waals surface area contributed by atoms with Crippen LogP contribution < -0.4 is 5.73 Å². The molecule has 2 fully saturated rings. The van der Waals surface area contributed by atoms with Gasteiger partial charge in [0.15, 0.2) is 0 Å². The minimum Gasteiger partial charge on any atom is -0.457 e. The number of hydrogen-bond donors (Lipinski definition) is 1. The van der Waals surface area contributed by atoms with Crippen molar-refractivity contribution >= 4 is 5.97 Å². The summed E-state index contributed by atoms with van der Waals surface area (Å²) < 4.78 is 26.2. The molecule has 7 heteroatoms. The zero-order valence-electron chi connectivity index (χ0n) is 10.9. The third kappa shape index (κ3) is 6.84. The molecule has 0 bridgehead atoms. The molecule has 0 aromatic rings. The predicted molar refractivity (Wildman–Crippen MR) is 64.7 cm³/mol. The summed E-state index contributed by atoms with van der Waals surface area (Å²) in [7, 11) is 0. The Morgan fingerprint density at radius 2 is 1.68 bits per heavy atom. The molecule has 0 aliphatic carbocycles. The number of esters is 1. The summed E-state index contributed by atoms with van der Waals surface area (Å²) in [6.07, 6.45) is 0.187. The van der Waals surface area contributed by atoms with Crippen LogP contribution in [0.25, 0.3) is 0 Å². The largest absolute Gasteiger partial charge is 0.457 e. The van der Waals surface area contributed by atoms with Gasteiger partial charge in [-0.3, -0.25) is 4.79 Å². The van der Waals surface area contributed by atoms with Gasteiger partial charge < -0.3 is 29.4 Å². The highest BCUT2D eigenvalue weighted by Crippen LogP contribution is 2.11. The molecule has 2 heterocycles. The number of carbonyl (C=O) groups is 1. The Morgan fingerprint density at radius 1 is 1.16 bits per heavy atom. The minimum absolute atomic E-state index is 0.196. The second kappa shape index (κ2) is 7.76. The number of nitrogens with two attached hydrogens (primary N) is 1. The third-order valence-corrected chi connectivity index (χ3v) is 2.67. The van der Waals surface area contributed by atoms with Crippen LogP contribution in [0, 0.1) is 0 Å². The van der Waals surface area contributed by atoms with E-state index < -0.39 is 6.10 Å². The lowest BCUT2D eigenvalue weighted by molar-refractivity contribution is -0.156. The highest BCUT2D eigenvalue weighted by molar-refractivity contribution is 5.69. The second-order valence-electron chi connectivity index (χ2n) is 4.64. The Morgan fingerprint density at radius 3 is 2.11 bits per heavy atom. The van der Waals surface area contributed by atoms with Crippen molar-refractivity contribution < 1.29 is 28.5 Å². The lowest BCUT2D eigenvalue weighted by Gasteiger charge is -2.17. The zero-order valence-corrected chi connectivity index (χ0v) is 10.9. The number of epoxide rings is 2. The van der Waals surface area contributed by atoms with E-state index in [4.69, 9.17) is 29.4 Å². The number of hydrogen-bond acceptors (Lipinski definition) is 7. The molecule has 0 spiro atoms. The van der Waals surface area contributed by atoms with Crippen LogP contribution in [-0.4, -0.2) is 70.5 Å². The average Bonchev–Trinajstić information content (AvgIpc) is 3.24. The van der Waals surface area contributed by atoms with Gasteiger partial charge in [-0.2, -0.15) is 0 Å². The normalized spacial score (nSPS) is 25.9. The van der Waals surface area contributed by atoms with Crippen molar-refractivity contribution in [3.8, 4) is 0 Å². The van der Waals surface area contributed by atoms with Crippen LogP contribution in [-0.2, 0) is 28.5 Å². The van der Waals surface area contributed by atoms with E-state index in [0.29, 0.717) is 26.4 Å². The quantitative estimate of drug-likeness (QED) is 0.385. The smallest absolute Gasteiger partial charge is 0.307 e. The van der Waals surface area contributed by atoms with E-state index in [0.717, 1.165) is 13.2 Å².